The van der Waals surface area contributed by atoms with E-state index in [2.05, 4.69) is 0 Å². The van der Waals surface area contributed by atoms with Gasteiger partial charge in [0.25, 0.3) is 0 Å². The number of nitro benzene ring substituents is 1. The highest BCUT2D eigenvalue weighted by Crippen LogP contribution is 2.31. The Labute approximate surface area is 115 Å². The van der Waals surface area contributed by atoms with Crippen LogP contribution in [0.25, 0.3) is 0 Å². The van der Waals surface area contributed by atoms with E-state index < -0.39 is 25.3 Å². The van der Waals surface area contributed by atoms with Crippen LogP contribution in [0.3, 0.4) is 0 Å². The van der Waals surface area contributed by atoms with E-state index in [1.165, 1.54) is 36.4 Å². The van der Waals surface area contributed by atoms with Gasteiger partial charge in [-0.3, -0.25) is 10.1 Å². The average Bonchev–Trinajstić information content (AvgIpc) is 2.47. The van der Waals surface area contributed by atoms with Crippen molar-refractivity contribution in [2.75, 3.05) is 0 Å². The third kappa shape index (κ3) is 2.24. The number of para-hydroxylation sites is 1. The van der Waals surface area contributed by atoms with Crippen molar-refractivity contribution in [3.05, 3.63) is 64.2 Å². The van der Waals surface area contributed by atoms with Crippen LogP contribution >= 0.6 is 0 Å². The first-order valence-electron chi connectivity index (χ1n) is 5.46. The Morgan fingerprint density at radius 2 is 1.70 bits per heavy atom. The summed E-state index contributed by atoms with van der Waals surface area (Å²) in [7, 11) is -4.04. The van der Waals surface area contributed by atoms with Gasteiger partial charge in [-0.2, -0.15) is 5.26 Å². The monoisotopic (exact) mass is 288 g/mol. The molecule has 7 heteroatoms. The summed E-state index contributed by atoms with van der Waals surface area (Å²) in [6.45, 7) is 0. The van der Waals surface area contributed by atoms with Crippen LogP contribution in [0.5, 0.6) is 0 Å². The van der Waals surface area contributed by atoms with Gasteiger partial charge >= 0.3 is 5.69 Å². The predicted molar refractivity (Wildman–Crippen MR) is 69.7 cm³/mol. The molecule has 6 nitrogen and oxygen atoms in total. The molecule has 0 spiro atoms. The van der Waals surface area contributed by atoms with E-state index in [-0.39, 0.29) is 10.5 Å². The van der Waals surface area contributed by atoms with E-state index in [0.717, 1.165) is 6.07 Å². The third-order valence-electron chi connectivity index (χ3n) is 2.65. The Morgan fingerprint density at radius 1 is 1.05 bits per heavy atom. The van der Waals surface area contributed by atoms with Crippen LogP contribution in [0, 0.1) is 21.4 Å². The Morgan fingerprint density at radius 3 is 2.25 bits per heavy atom. The molecule has 0 aliphatic rings. The number of hydrogen-bond donors (Lipinski definition) is 0. The Balaban J connectivity index is 2.78. The van der Waals surface area contributed by atoms with Crippen molar-refractivity contribution >= 4 is 15.5 Å². The van der Waals surface area contributed by atoms with Crippen LogP contribution in [0.1, 0.15) is 5.56 Å². The van der Waals surface area contributed by atoms with E-state index in [4.69, 9.17) is 5.26 Å². The molecule has 2 rings (SSSR count). The molecule has 0 aliphatic heterocycles. The summed E-state index contributed by atoms with van der Waals surface area (Å²) >= 11 is 0. The van der Waals surface area contributed by atoms with Crippen molar-refractivity contribution in [2.24, 2.45) is 0 Å². The number of nitriles is 1. The van der Waals surface area contributed by atoms with E-state index in [9.17, 15) is 18.5 Å². The van der Waals surface area contributed by atoms with Crippen molar-refractivity contribution in [3.63, 3.8) is 0 Å². The highest BCUT2D eigenvalue weighted by atomic mass is 32.2. The minimum absolute atomic E-state index is 0.0572. The zero-order chi connectivity index (χ0) is 14.8. The van der Waals surface area contributed by atoms with Gasteiger partial charge in [0.05, 0.1) is 9.82 Å². The van der Waals surface area contributed by atoms with Crippen LogP contribution in [-0.4, -0.2) is 13.3 Å². The van der Waals surface area contributed by atoms with Gasteiger partial charge in [-0.15, -0.1) is 0 Å². The second-order valence-electron chi connectivity index (χ2n) is 3.84. The van der Waals surface area contributed by atoms with Gasteiger partial charge < -0.3 is 0 Å². The summed E-state index contributed by atoms with van der Waals surface area (Å²) in [5.74, 6) is 0. The van der Waals surface area contributed by atoms with Crippen LogP contribution < -0.4 is 0 Å². The average molecular weight is 288 g/mol. The molecule has 2 aromatic carbocycles. The summed E-state index contributed by atoms with van der Waals surface area (Å²) in [6, 6.07) is 12.6. The first kappa shape index (κ1) is 13.7. The quantitative estimate of drug-likeness (QED) is 0.637. The largest absolute Gasteiger partial charge is 0.305 e. The zero-order valence-electron chi connectivity index (χ0n) is 10.1. The van der Waals surface area contributed by atoms with Crippen molar-refractivity contribution in [2.45, 2.75) is 9.79 Å². The van der Waals surface area contributed by atoms with Crippen molar-refractivity contribution in [1.29, 1.82) is 5.26 Å². The first-order chi connectivity index (χ1) is 9.48. The van der Waals surface area contributed by atoms with E-state index in [1.807, 2.05) is 0 Å². The van der Waals surface area contributed by atoms with Crippen LogP contribution in [-0.2, 0) is 9.84 Å². The zero-order valence-corrected chi connectivity index (χ0v) is 10.9. The number of nitro groups is 1. The third-order valence-corrected chi connectivity index (χ3v) is 4.45. The molecule has 0 radical (unpaired) electrons. The summed E-state index contributed by atoms with van der Waals surface area (Å²) < 4.78 is 24.8. The summed E-state index contributed by atoms with van der Waals surface area (Å²) in [5.41, 5.74) is -0.981. The van der Waals surface area contributed by atoms with Crippen molar-refractivity contribution in [1.82, 2.24) is 0 Å². The van der Waals surface area contributed by atoms with Crippen LogP contribution in [0.2, 0.25) is 0 Å². The van der Waals surface area contributed by atoms with Gasteiger partial charge in [0.2, 0.25) is 9.84 Å². The molecule has 0 atom stereocenters. The molecule has 0 aliphatic carbocycles. The molecular weight excluding hydrogens is 280 g/mol. The molecular formula is C13H8N2O4S. The number of hydrogen-bond acceptors (Lipinski definition) is 5. The maximum absolute atomic E-state index is 12.4. The van der Waals surface area contributed by atoms with E-state index in [0.29, 0.717) is 0 Å². The number of benzene rings is 2. The smallest absolute Gasteiger partial charge is 0.258 e. The summed E-state index contributed by atoms with van der Waals surface area (Å²) in [5, 5.41) is 19.9. The van der Waals surface area contributed by atoms with Crippen molar-refractivity contribution < 1.29 is 13.3 Å². The highest BCUT2D eigenvalue weighted by molar-refractivity contribution is 7.91. The van der Waals surface area contributed by atoms with Crippen molar-refractivity contribution in [3.8, 4) is 6.07 Å². The van der Waals surface area contributed by atoms with Gasteiger partial charge in [-0.05, 0) is 24.3 Å². The molecule has 2 aromatic rings. The second-order valence-corrected chi connectivity index (χ2v) is 5.76. The molecule has 0 saturated carbocycles. The number of nitrogens with zero attached hydrogens (tertiary/aromatic N) is 2. The fraction of sp³-hybridized carbons (Fsp3) is 0. The first-order valence-corrected chi connectivity index (χ1v) is 6.94. The molecule has 0 saturated heterocycles. The lowest BCUT2D eigenvalue weighted by Crippen LogP contribution is -2.07. The summed E-state index contributed by atoms with van der Waals surface area (Å²) in [6.07, 6.45) is 0. The Bertz CT molecular complexity index is 808. The van der Waals surface area contributed by atoms with Gasteiger partial charge in [0, 0.05) is 0 Å². The van der Waals surface area contributed by atoms with Gasteiger partial charge in [-0.1, -0.05) is 24.3 Å². The predicted octanol–water partition coefficient (Wildman–Crippen LogP) is 2.30. The Kier molecular flexibility index (Phi) is 3.50. The molecule has 0 amide bonds. The molecule has 100 valence electrons. The van der Waals surface area contributed by atoms with Crippen LogP contribution in [0.15, 0.2) is 58.3 Å². The lowest BCUT2D eigenvalue weighted by atomic mass is 10.2. The lowest BCUT2D eigenvalue weighted by Gasteiger charge is -2.06. The fourth-order valence-electron chi connectivity index (χ4n) is 1.74. The molecule has 0 unspecified atom stereocenters. The van der Waals surface area contributed by atoms with Gasteiger partial charge in [0.15, 0.2) is 4.90 Å². The summed E-state index contributed by atoms with van der Waals surface area (Å²) in [4.78, 5) is 9.68. The topological polar surface area (TPSA) is 101 Å². The van der Waals surface area contributed by atoms with E-state index in [1.54, 1.807) is 12.1 Å². The molecule has 0 bridgehead atoms. The van der Waals surface area contributed by atoms with Gasteiger partial charge in [-0.25, -0.2) is 8.42 Å². The lowest BCUT2D eigenvalue weighted by molar-refractivity contribution is -0.388. The fourth-order valence-corrected chi connectivity index (χ4v) is 3.21. The van der Waals surface area contributed by atoms with Gasteiger partial charge in [0.1, 0.15) is 11.6 Å². The molecule has 20 heavy (non-hydrogen) atoms. The number of rotatable bonds is 3. The maximum atomic E-state index is 12.4. The number of sulfone groups is 1. The second kappa shape index (κ2) is 5.11. The molecule has 0 heterocycles. The van der Waals surface area contributed by atoms with Crippen LogP contribution in [0.4, 0.5) is 5.69 Å². The Hall–Kier alpha value is -2.72. The molecule has 0 aromatic heterocycles. The van der Waals surface area contributed by atoms with E-state index >= 15 is 0 Å². The minimum atomic E-state index is -4.04. The minimum Gasteiger partial charge on any atom is -0.258 e. The SMILES string of the molecule is N#Cc1cccc(S(=O)(=O)c2ccccc2)c1[N+](=O)[O-]. The molecule has 0 N–H and O–H groups in total. The standard InChI is InChI=1S/C13H8N2O4S/c14-9-10-5-4-8-12(13(10)15(16)17)20(18,19)11-6-2-1-3-7-11/h1-8H. The molecule has 0 fully saturated rings. The highest BCUT2D eigenvalue weighted by Gasteiger charge is 2.30. The maximum Gasteiger partial charge on any atom is 0.305 e. The normalized spacial score (nSPS) is 10.8.